The molecule has 1 fully saturated rings. The summed E-state index contributed by atoms with van der Waals surface area (Å²) < 4.78 is 0. The van der Waals surface area contributed by atoms with Gasteiger partial charge in [0.2, 0.25) is 11.8 Å². The second kappa shape index (κ2) is 5.59. The van der Waals surface area contributed by atoms with E-state index in [0.717, 1.165) is 5.56 Å². The van der Waals surface area contributed by atoms with Gasteiger partial charge in [-0.2, -0.15) is 0 Å². The Hall–Kier alpha value is -1.59. The second-order valence-corrected chi connectivity index (χ2v) is 4.82. The lowest BCUT2D eigenvalue weighted by Gasteiger charge is -2.36. The standard InChI is InChI=1S/C13H16ClN3O2/c1-2-10-13(19)16-11(18)7-17(10)12-8(6-15)4-3-5-9(12)14/h3-5,10H,2,6-7,15H2,1H3,(H,16,18,19). The average Bonchev–Trinajstić information content (AvgIpc) is 2.37. The molecule has 3 N–H and O–H groups in total. The zero-order chi connectivity index (χ0) is 14.0. The number of nitrogens with one attached hydrogen (secondary N) is 1. The van der Waals surface area contributed by atoms with Gasteiger partial charge in [0.25, 0.3) is 0 Å². The van der Waals surface area contributed by atoms with E-state index < -0.39 is 6.04 Å². The Kier molecular flexibility index (Phi) is 4.07. The van der Waals surface area contributed by atoms with E-state index in [-0.39, 0.29) is 18.4 Å². The fraction of sp³-hybridized carbons (Fsp3) is 0.385. The summed E-state index contributed by atoms with van der Waals surface area (Å²) in [5.74, 6) is -0.612. The number of halogens is 1. The van der Waals surface area contributed by atoms with Gasteiger partial charge in [-0.3, -0.25) is 14.9 Å². The number of nitrogens with zero attached hydrogens (tertiary/aromatic N) is 1. The molecule has 0 spiro atoms. The largest absolute Gasteiger partial charge is 0.349 e. The number of imide groups is 1. The molecule has 1 aliphatic rings. The Bertz CT molecular complexity index is 519. The van der Waals surface area contributed by atoms with Gasteiger partial charge < -0.3 is 10.6 Å². The number of piperazine rings is 1. The van der Waals surface area contributed by atoms with Crippen molar-refractivity contribution in [1.29, 1.82) is 0 Å². The van der Waals surface area contributed by atoms with E-state index >= 15 is 0 Å². The molecular weight excluding hydrogens is 266 g/mol. The lowest BCUT2D eigenvalue weighted by Crippen LogP contribution is -2.58. The molecule has 2 rings (SSSR count). The van der Waals surface area contributed by atoms with Crippen molar-refractivity contribution in [3.63, 3.8) is 0 Å². The second-order valence-electron chi connectivity index (χ2n) is 4.42. The van der Waals surface area contributed by atoms with Gasteiger partial charge >= 0.3 is 0 Å². The van der Waals surface area contributed by atoms with E-state index in [1.54, 1.807) is 17.0 Å². The molecule has 0 bridgehead atoms. The summed E-state index contributed by atoms with van der Waals surface area (Å²) in [5.41, 5.74) is 7.22. The molecule has 1 aromatic rings. The van der Waals surface area contributed by atoms with E-state index in [1.165, 1.54) is 0 Å². The molecular formula is C13H16ClN3O2. The van der Waals surface area contributed by atoms with Crippen LogP contribution in [0.1, 0.15) is 18.9 Å². The summed E-state index contributed by atoms with van der Waals surface area (Å²) in [7, 11) is 0. The molecule has 0 aliphatic carbocycles. The number of nitrogens with two attached hydrogens (primary N) is 1. The average molecular weight is 282 g/mol. The van der Waals surface area contributed by atoms with Crippen LogP contribution in [0.3, 0.4) is 0 Å². The molecule has 0 aromatic heterocycles. The molecule has 1 heterocycles. The van der Waals surface area contributed by atoms with Crippen molar-refractivity contribution in [2.75, 3.05) is 11.4 Å². The maximum atomic E-state index is 11.9. The molecule has 19 heavy (non-hydrogen) atoms. The molecule has 102 valence electrons. The number of para-hydroxylation sites is 1. The van der Waals surface area contributed by atoms with Gasteiger partial charge in [-0.05, 0) is 18.1 Å². The maximum absolute atomic E-state index is 11.9. The maximum Gasteiger partial charge on any atom is 0.249 e. The lowest BCUT2D eigenvalue weighted by molar-refractivity contribution is -0.132. The van der Waals surface area contributed by atoms with Crippen molar-refractivity contribution in [3.05, 3.63) is 28.8 Å². The fourth-order valence-electron chi connectivity index (χ4n) is 2.35. The minimum absolute atomic E-state index is 0.112. The smallest absolute Gasteiger partial charge is 0.249 e. The molecule has 1 aromatic carbocycles. The van der Waals surface area contributed by atoms with Crippen LogP contribution in [0, 0.1) is 0 Å². The molecule has 1 atom stereocenters. The van der Waals surface area contributed by atoms with Crippen LogP contribution in [0.15, 0.2) is 18.2 Å². The van der Waals surface area contributed by atoms with Crippen LogP contribution < -0.4 is 16.0 Å². The van der Waals surface area contributed by atoms with Gasteiger partial charge in [-0.25, -0.2) is 0 Å². The van der Waals surface area contributed by atoms with Gasteiger partial charge in [0.15, 0.2) is 0 Å². The first kappa shape index (κ1) is 13.8. The molecule has 6 heteroatoms. The number of carbonyl (C=O) groups excluding carboxylic acids is 2. The van der Waals surface area contributed by atoms with Gasteiger partial charge in [0.1, 0.15) is 6.04 Å². The predicted octanol–water partition coefficient (Wildman–Crippen LogP) is 1.04. The first-order chi connectivity index (χ1) is 9.08. The summed E-state index contributed by atoms with van der Waals surface area (Å²) in [4.78, 5) is 25.2. The van der Waals surface area contributed by atoms with Crippen LogP contribution in [-0.4, -0.2) is 24.4 Å². The van der Waals surface area contributed by atoms with Crippen LogP contribution in [0.2, 0.25) is 5.02 Å². The zero-order valence-electron chi connectivity index (χ0n) is 10.6. The molecule has 0 radical (unpaired) electrons. The van der Waals surface area contributed by atoms with E-state index in [1.807, 2.05) is 13.0 Å². The fourth-order valence-corrected chi connectivity index (χ4v) is 2.66. The Labute approximate surface area is 116 Å². The SMILES string of the molecule is CCC1C(=O)NC(=O)CN1c1c(Cl)cccc1CN. The third kappa shape index (κ3) is 2.57. The van der Waals surface area contributed by atoms with E-state index in [9.17, 15) is 9.59 Å². The summed E-state index contributed by atoms with van der Waals surface area (Å²) in [6.45, 7) is 2.31. The number of rotatable bonds is 3. The van der Waals surface area contributed by atoms with Crippen LogP contribution >= 0.6 is 11.6 Å². The first-order valence-electron chi connectivity index (χ1n) is 6.16. The number of hydrogen-bond donors (Lipinski definition) is 2. The highest BCUT2D eigenvalue weighted by Gasteiger charge is 2.34. The lowest BCUT2D eigenvalue weighted by atomic mass is 10.1. The highest BCUT2D eigenvalue weighted by Crippen LogP contribution is 2.32. The Morgan fingerprint density at radius 2 is 2.21 bits per heavy atom. The number of amides is 2. The normalized spacial score (nSPS) is 19.5. The first-order valence-corrected chi connectivity index (χ1v) is 6.54. The number of hydrogen-bond acceptors (Lipinski definition) is 4. The zero-order valence-corrected chi connectivity index (χ0v) is 11.4. The van der Waals surface area contributed by atoms with Crippen LogP contribution in [0.5, 0.6) is 0 Å². The molecule has 5 nitrogen and oxygen atoms in total. The van der Waals surface area contributed by atoms with Crippen LogP contribution in [-0.2, 0) is 16.1 Å². The van der Waals surface area contributed by atoms with Crippen molar-refractivity contribution < 1.29 is 9.59 Å². The molecule has 1 saturated heterocycles. The van der Waals surface area contributed by atoms with Crippen molar-refractivity contribution >= 4 is 29.1 Å². The molecule has 2 amide bonds. The highest BCUT2D eigenvalue weighted by atomic mass is 35.5. The third-order valence-corrected chi connectivity index (χ3v) is 3.52. The van der Waals surface area contributed by atoms with Crippen molar-refractivity contribution in [1.82, 2.24) is 5.32 Å². The number of carbonyl (C=O) groups is 2. The van der Waals surface area contributed by atoms with Gasteiger partial charge in [-0.1, -0.05) is 30.7 Å². The topological polar surface area (TPSA) is 75.4 Å². The van der Waals surface area contributed by atoms with Crippen LogP contribution in [0.25, 0.3) is 0 Å². The van der Waals surface area contributed by atoms with E-state index in [0.29, 0.717) is 23.7 Å². The van der Waals surface area contributed by atoms with Gasteiger partial charge in [0.05, 0.1) is 17.3 Å². The molecule has 1 aliphatic heterocycles. The Morgan fingerprint density at radius 3 is 2.84 bits per heavy atom. The number of anilines is 1. The van der Waals surface area contributed by atoms with E-state index in [4.69, 9.17) is 17.3 Å². The Balaban J connectivity index is 2.48. The molecule has 1 unspecified atom stereocenters. The minimum Gasteiger partial charge on any atom is -0.349 e. The van der Waals surface area contributed by atoms with Gasteiger partial charge in [0, 0.05) is 6.54 Å². The minimum atomic E-state index is -0.400. The van der Waals surface area contributed by atoms with Gasteiger partial charge in [-0.15, -0.1) is 0 Å². The molecule has 0 saturated carbocycles. The quantitative estimate of drug-likeness (QED) is 0.812. The Morgan fingerprint density at radius 1 is 1.47 bits per heavy atom. The summed E-state index contributed by atoms with van der Waals surface area (Å²) in [5, 5.41) is 2.85. The number of benzene rings is 1. The van der Waals surface area contributed by atoms with Crippen molar-refractivity contribution in [3.8, 4) is 0 Å². The van der Waals surface area contributed by atoms with Crippen molar-refractivity contribution in [2.24, 2.45) is 5.73 Å². The third-order valence-electron chi connectivity index (χ3n) is 3.22. The summed E-state index contributed by atoms with van der Waals surface area (Å²) >= 11 is 6.22. The van der Waals surface area contributed by atoms with Crippen LogP contribution in [0.4, 0.5) is 5.69 Å². The van der Waals surface area contributed by atoms with E-state index in [2.05, 4.69) is 5.32 Å². The van der Waals surface area contributed by atoms with Crippen molar-refractivity contribution in [2.45, 2.75) is 25.9 Å². The monoisotopic (exact) mass is 281 g/mol. The predicted molar refractivity (Wildman–Crippen MR) is 73.9 cm³/mol. The summed E-state index contributed by atoms with van der Waals surface area (Å²) in [6, 6.07) is 4.99. The summed E-state index contributed by atoms with van der Waals surface area (Å²) in [6.07, 6.45) is 0.592. The highest BCUT2D eigenvalue weighted by molar-refractivity contribution is 6.33.